The monoisotopic (exact) mass is 272 g/mol. The lowest BCUT2D eigenvalue weighted by Gasteiger charge is -2.27. The van der Waals surface area contributed by atoms with Gasteiger partial charge < -0.3 is 4.90 Å². The van der Waals surface area contributed by atoms with Gasteiger partial charge in [0, 0.05) is 6.54 Å². The zero-order valence-electron chi connectivity index (χ0n) is 12.4. The fourth-order valence-corrected chi connectivity index (χ4v) is 3.04. The Balaban J connectivity index is 2.58. The van der Waals surface area contributed by atoms with Gasteiger partial charge in [0.25, 0.3) is 0 Å². The van der Waals surface area contributed by atoms with E-state index in [4.69, 9.17) is 0 Å². The van der Waals surface area contributed by atoms with Gasteiger partial charge in [0.15, 0.2) is 0 Å². The summed E-state index contributed by atoms with van der Waals surface area (Å²) in [5.74, 6) is 3.45. The fraction of sp³-hybridized carbons (Fsp3) is 0.929. The molecule has 1 aliphatic rings. The van der Waals surface area contributed by atoms with E-state index in [0.717, 1.165) is 24.5 Å². The van der Waals surface area contributed by atoms with Crippen molar-refractivity contribution >= 4 is 17.7 Å². The normalized spacial score (nSPS) is 24.6. The van der Waals surface area contributed by atoms with Crippen LogP contribution in [0.15, 0.2) is 0 Å². The highest BCUT2D eigenvalue weighted by Gasteiger charge is 2.40. The van der Waals surface area contributed by atoms with Gasteiger partial charge in [-0.25, -0.2) is 0 Å². The lowest BCUT2D eigenvalue weighted by atomic mass is 10.0. The fourth-order valence-electron chi connectivity index (χ4n) is 2.42. The van der Waals surface area contributed by atoms with E-state index in [9.17, 15) is 4.79 Å². The van der Waals surface area contributed by atoms with Crippen LogP contribution in [0, 0.1) is 11.8 Å². The van der Waals surface area contributed by atoms with Crippen molar-refractivity contribution in [3.63, 3.8) is 0 Å². The Morgan fingerprint density at radius 3 is 2.44 bits per heavy atom. The first-order valence-electron chi connectivity index (χ1n) is 7.13. The quantitative estimate of drug-likeness (QED) is 0.723. The first-order valence-corrected chi connectivity index (χ1v) is 8.28. The molecule has 0 saturated carbocycles. The molecular weight excluding hydrogens is 244 g/mol. The topological polar surface area (TPSA) is 32.3 Å². The standard InChI is InChI=1S/C14H28N2OS/c1-6-18-9-7-8-16-13(11(4)5)15-12(10(2)3)14(16)17/h10-13,15H,6-9H2,1-5H3. The zero-order valence-corrected chi connectivity index (χ0v) is 13.2. The van der Waals surface area contributed by atoms with Gasteiger partial charge in [-0.15, -0.1) is 0 Å². The number of carbonyl (C=O) groups is 1. The van der Waals surface area contributed by atoms with Crippen LogP contribution in [0.5, 0.6) is 0 Å². The summed E-state index contributed by atoms with van der Waals surface area (Å²) in [6.45, 7) is 11.7. The second-order valence-corrected chi connectivity index (χ2v) is 7.05. The Labute approximate surface area is 116 Å². The largest absolute Gasteiger partial charge is 0.325 e. The summed E-state index contributed by atoms with van der Waals surface area (Å²) in [5, 5.41) is 3.50. The van der Waals surface area contributed by atoms with Crippen LogP contribution < -0.4 is 5.32 Å². The Morgan fingerprint density at radius 1 is 1.28 bits per heavy atom. The van der Waals surface area contributed by atoms with Gasteiger partial charge in [-0.3, -0.25) is 10.1 Å². The molecule has 4 heteroatoms. The number of carbonyl (C=O) groups excluding carboxylic acids is 1. The van der Waals surface area contributed by atoms with E-state index in [2.05, 4.69) is 44.8 Å². The highest BCUT2D eigenvalue weighted by Crippen LogP contribution is 2.22. The molecule has 0 spiro atoms. The van der Waals surface area contributed by atoms with Crippen LogP contribution in [0.25, 0.3) is 0 Å². The predicted octanol–water partition coefficient (Wildman–Crippen LogP) is 2.57. The zero-order chi connectivity index (χ0) is 13.7. The molecule has 0 radical (unpaired) electrons. The number of hydrogen-bond acceptors (Lipinski definition) is 3. The van der Waals surface area contributed by atoms with Gasteiger partial charge in [0.1, 0.15) is 0 Å². The van der Waals surface area contributed by atoms with Crippen molar-refractivity contribution < 1.29 is 4.79 Å². The number of thioether (sulfide) groups is 1. The maximum atomic E-state index is 12.4. The van der Waals surface area contributed by atoms with Crippen molar-refractivity contribution in [3.05, 3.63) is 0 Å². The molecule has 1 rings (SSSR count). The molecule has 3 nitrogen and oxygen atoms in total. The van der Waals surface area contributed by atoms with Gasteiger partial charge in [0.05, 0.1) is 12.2 Å². The number of amides is 1. The maximum absolute atomic E-state index is 12.4. The third kappa shape index (κ3) is 3.89. The van der Waals surface area contributed by atoms with Crippen LogP contribution in [0.3, 0.4) is 0 Å². The molecule has 0 aliphatic carbocycles. The van der Waals surface area contributed by atoms with Crippen LogP contribution in [0.4, 0.5) is 0 Å². The minimum absolute atomic E-state index is 0.0104. The molecule has 0 aromatic carbocycles. The molecule has 106 valence electrons. The molecule has 1 amide bonds. The number of rotatable bonds is 7. The molecule has 0 bridgehead atoms. The summed E-state index contributed by atoms with van der Waals surface area (Å²) in [4.78, 5) is 14.4. The molecular formula is C14H28N2OS. The van der Waals surface area contributed by atoms with Gasteiger partial charge in [-0.1, -0.05) is 34.6 Å². The molecule has 0 aromatic rings. The van der Waals surface area contributed by atoms with Gasteiger partial charge in [-0.05, 0) is 29.8 Å². The maximum Gasteiger partial charge on any atom is 0.241 e. The van der Waals surface area contributed by atoms with E-state index in [0.29, 0.717) is 17.7 Å². The average molecular weight is 272 g/mol. The molecule has 1 aliphatic heterocycles. The molecule has 1 fully saturated rings. The first-order chi connectivity index (χ1) is 8.49. The predicted molar refractivity (Wildman–Crippen MR) is 79.7 cm³/mol. The summed E-state index contributed by atoms with van der Waals surface area (Å²) in [5.41, 5.74) is 0. The molecule has 2 atom stereocenters. The van der Waals surface area contributed by atoms with Crippen molar-refractivity contribution in [2.45, 2.75) is 53.2 Å². The highest BCUT2D eigenvalue weighted by molar-refractivity contribution is 7.99. The first kappa shape index (κ1) is 15.8. The highest BCUT2D eigenvalue weighted by atomic mass is 32.2. The van der Waals surface area contributed by atoms with Crippen LogP contribution in [-0.4, -0.2) is 41.1 Å². The van der Waals surface area contributed by atoms with E-state index in [1.54, 1.807) is 0 Å². The van der Waals surface area contributed by atoms with E-state index < -0.39 is 0 Å². The van der Waals surface area contributed by atoms with Crippen LogP contribution in [0.2, 0.25) is 0 Å². The molecule has 1 saturated heterocycles. The Kier molecular flexibility index (Phi) is 6.50. The van der Waals surface area contributed by atoms with Gasteiger partial charge >= 0.3 is 0 Å². The van der Waals surface area contributed by atoms with Crippen LogP contribution in [-0.2, 0) is 4.79 Å². The number of nitrogens with one attached hydrogen (secondary N) is 1. The smallest absolute Gasteiger partial charge is 0.241 e. The molecule has 0 aromatic heterocycles. The van der Waals surface area contributed by atoms with Crippen LogP contribution in [0.1, 0.15) is 41.0 Å². The Bertz CT molecular complexity index is 269. The minimum Gasteiger partial charge on any atom is -0.325 e. The summed E-state index contributed by atoms with van der Waals surface area (Å²) in [6, 6.07) is 0.0104. The second-order valence-electron chi connectivity index (χ2n) is 5.66. The van der Waals surface area contributed by atoms with Crippen LogP contribution >= 0.6 is 11.8 Å². The Hall–Kier alpha value is -0.220. The average Bonchev–Trinajstić information content (AvgIpc) is 2.62. The van der Waals surface area contributed by atoms with Crippen molar-refractivity contribution in [2.75, 3.05) is 18.1 Å². The number of nitrogens with zero attached hydrogens (tertiary/aromatic N) is 1. The summed E-state index contributed by atoms with van der Waals surface area (Å²) in [7, 11) is 0. The summed E-state index contributed by atoms with van der Waals surface area (Å²) >= 11 is 1.95. The summed E-state index contributed by atoms with van der Waals surface area (Å²) < 4.78 is 0. The third-order valence-electron chi connectivity index (χ3n) is 3.43. The van der Waals surface area contributed by atoms with Crippen molar-refractivity contribution in [1.29, 1.82) is 0 Å². The lowest BCUT2D eigenvalue weighted by Crippen LogP contribution is -2.42. The van der Waals surface area contributed by atoms with E-state index in [1.807, 2.05) is 11.8 Å². The molecule has 2 unspecified atom stereocenters. The van der Waals surface area contributed by atoms with Crippen molar-refractivity contribution in [2.24, 2.45) is 11.8 Å². The van der Waals surface area contributed by atoms with Crippen molar-refractivity contribution in [1.82, 2.24) is 10.2 Å². The van der Waals surface area contributed by atoms with E-state index in [-0.39, 0.29) is 12.2 Å². The second kappa shape index (κ2) is 7.39. The third-order valence-corrected chi connectivity index (χ3v) is 4.41. The molecule has 1 N–H and O–H groups in total. The summed E-state index contributed by atoms with van der Waals surface area (Å²) in [6.07, 6.45) is 1.32. The SMILES string of the molecule is CCSCCCN1C(=O)C(C(C)C)NC1C(C)C. The minimum atomic E-state index is 0.0104. The van der Waals surface area contributed by atoms with Gasteiger partial charge in [-0.2, -0.15) is 11.8 Å². The van der Waals surface area contributed by atoms with Crippen molar-refractivity contribution in [3.8, 4) is 0 Å². The molecule has 18 heavy (non-hydrogen) atoms. The number of hydrogen-bond donors (Lipinski definition) is 1. The van der Waals surface area contributed by atoms with Gasteiger partial charge in [0.2, 0.25) is 5.91 Å². The Morgan fingerprint density at radius 2 is 1.94 bits per heavy atom. The van der Waals surface area contributed by atoms with E-state index >= 15 is 0 Å². The van der Waals surface area contributed by atoms with E-state index in [1.165, 1.54) is 0 Å². The lowest BCUT2D eigenvalue weighted by molar-refractivity contribution is -0.131. The molecule has 1 heterocycles.